The summed E-state index contributed by atoms with van der Waals surface area (Å²) in [6.07, 6.45) is 1.38. The van der Waals surface area contributed by atoms with Crippen LogP contribution in [0.4, 0.5) is 0 Å². The topological polar surface area (TPSA) is 68.7 Å². The molecule has 0 aliphatic rings. The molecule has 2 aromatic rings. The lowest BCUT2D eigenvalue weighted by atomic mass is 10.3. The van der Waals surface area contributed by atoms with Crippen molar-refractivity contribution in [2.75, 3.05) is 33.1 Å². The molecule has 0 amide bonds. The zero-order valence-electron chi connectivity index (χ0n) is 14.5. The molecule has 1 heterocycles. The number of pyridine rings is 1. The third kappa shape index (κ3) is 5.62. The predicted octanol–water partition coefficient (Wildman–Crippen LogP) is 2.90. The summed E-state index contributed by atoms with van der Waals surface area (Å²) in [6.45, 7) is 3.11. The Morgan fingerprint density at radius 1 is 1.04 bits per heavy atom. The van der Waals surface area contributed by atoms with Gasteiger partial charge in [-0.1, -0.05) is 0 Å². The van der Waals surface area contributed by atoms with E-state index < -0.39 is 10.0 Å². The molecule has 6 nitrogen and oxygen atoms in total. The zero-order chi connectivity index (χ0) is 18.3. The standard InChI is InChI=1S/C17H22N2O4S2/c1-4-22-14-5-7-15(8-6-14)23-11-12-24-17-10-9-16(13-18-17)25(20,21)19(2)3/h5-10,13H,4,11-12H2,1-3H3. The van der Waals surface area contributed by atoms with Gasteiger partial charge < -0.3 is 9.47 Å². The first kappa shape index (κ1) is 19.6. The smallest absolute Gasteiger partial charge is 0.244 e. The van der Waals surface area contributed by atoms with E-state index in [4.69, 9.17) is 9.47 Å². The minimum Gasteiger partial charge on any atom is -0.494 e. The van der Waals surface area contributed by atoms with Crippen LogP contribution in [-0.2, 0) is 10.0 Å². The molecule has 1 aromatic heterocycles. The molecule has 0 fully saturated rings. The van der Waals surface area contributed by atoms with Gasteiger partial charge in [0.2, 0.25) is 10.0 Å². The molecule has 0 bridgehead atoms. The van der Waals surface area contributed by atoms with E-state index in [1.54, 1.807) is 12.1 Å². The lowest BCUT2D eigenvalue weighted by Gasteiger charge is -2.11. The van der Waals surface area contributed by atoms with Gasteiger partial charge in [-0.2, -0.15) is 0 Å². The van der Waals surface area contributed by atoms with Crippen LogP contribution >= 0.6 is 11.8 Å². The molecule has 0 spiro atoms. The fraction of sp³-hybridized carbons (Fsp3) is 0.353. The SMILES string of the molecule is CCOc1ccc(OCCSc2ccc(S(=O)(=O)N(C)C)cn2)cc1. The Kier molecular flexibility index (Phi) is 7.10. The van der Waals surface area contributed by atoms with Gasteiger partial charge in [0.05, 0.1) is 18.2 Å². The molecule has 0 aliphatic heterocycles. The number of nitrogens with zero attached hydrogens (tertiary/aromatic N) is 2. The van der Waals surface area contributed by atoms with Crippen LogP contribution in [0.5, 0.6) is 11.5 Å². The number of sulfonamides is 1. The molecule has 0 atom stereocenters. The van der Waals surface area contributed by atoms with E-state index in [2.05, 4.69) is 4.98 Å². The third-order valence-corrected chi connectivity index (χ3v) is 5.93. The summed E-state index contributed by atoms with van der Waals surface area (Å²) < 4.78 is 36.2. The second-order valence-corrected chi connectivity index (χ2v) is 8.49. The highest BCUT2D eigenvalue weighted by Gasteiger charge is 2.17. The highest BCUT2D eigenvalue weighted by atomic mass is 32.2. The Bertz CT molecular complexity index is 760. The van der Waals surface area contributed by atoms with E-state index >= 15 is 0 Å². The van der Waals surface area contributed by atoms with Crippen molar-refractivity contribution in [3.8, 4) is 11.5 Å². The van der Waals surface area contributed by atoms with Gasteiger partial charge in [-0.05, 0) is 43.3 Å². The maximum absolute atomic E-state index is 12.0. The summed E-state index contributed by atoms with van der Waals surface area (Å²) in [7, 11) is -0.443. The van der Waals surface area contributed by atoms with Crippen LogP contribution in [0.2, 0.25) is 0 Å². The number of aromatic nitrogens is 1. The first-order valence-corrected chi connectivity index (χ1v) is 10.2. The average Bonchev–Trinajstić information content (AvgIpc) is 2.60. The average molecular weight is 383 g/mol. The molecule has 0 N–H and O–H groups in total. The van der Waals surface area contributed by atoms with E-state index in [0.717, 1.165) is 16.5 Å². The fourth-order valence-corrected chi connectivity index (χ4v) is 3.43. The summed E-state index contributed by atoms with van der Waals surface area (Å²) in [5.74, 6) is 2.31. The zero-order valence-corrected chi connectivity index (χ0v) is 16.1. The van der Waals surface area contributed by atoms with E-state index in [-0.39, 0.29) is 4.90 Å². The fourth-order valence-electron chi connectivity index (χ4n) is 1.92. The van der Waals surface area contributed by atoms with Crippen LogP contribution in [0, 0.1) is 0 Å². The van der Waals surface area contributed by atoms with Crippen LogP contribution in [0.3, 0.4) is 0 Å². The molecule has 0 saturated carbocycles. The highest BCUT2D eigenvalue weighted by molar-refractivity contribution is 7.99. The second kappa shape index (κ2) is 9.07. The van der Waals surface area contributed by atoms with Gasteiger partial charge in [-0.15, -0.1) is 11.8 Å². The van der Waals surface area contributed by atoms with Crippen LogP contribution in [-0.4, -0.2) is 50.8 Å². The number of benzene rings is 1. The minimum atomic E-state index is -3.44. The first-order chi connectivity index (χ1) is 11.9. The lowest BCUT2D eigenvalue weighted by molar-refractivity contribution is 0.332. The largest absolute Gasteiger partial charge is 0.494 e. The monoisotopic (exact) mass is 382 g/mol. The van der Waals surface area contributed by atoms with Crippen LogP contribution in [0.25, 0.3) is 0 Å². The Morgan fingerprint density at radius 3 is 2.20 bits per heavy atom. The van der Waals surface area contributed by atoms with Crippen molar-refractivity contribution in [2.45, 2.75) is 16.8 Å². The maximum Gasteiger partial charge on any atom is 0.244 e. The molecule has 0 unspecified atom stereocenters. The molecular weight excluding hydrogens is 360 g/mol. The number of ether oxygens (including phenoxy) is 2. The van der Waals surface area contributed by atoms with Gasteiger partial charge in [0.1, 0.15) is 16.4 Å². The summed E-state index contributed by atoms with van der Waals surface area (Å²) >= 11 is 1.51. The van der Waals surface area contributed by atoms with E-state index in [1.165, 1.54) is 36.4 Å². The molecule has 2 rings (SSSR count). The number of hydrogen-bond acceptors (Lipinski definition) is 6. The molecule has 8 heteroatoms. The van der Waals surface area contributed by atoms with E-state index in [1.807, 2.05) is 31.2 Å². The van der Waals surface area contributed by atoms with Crippen molar-refractivity contribution in [1.82, 2.24) is 9.29 Å². The van der Waals surface area contributed by atoms with Gasteiger partial charge >= 0.3 is 0 Å². The molecule has 0 aliphatic carbocycles. The van der Waals surface area contributed by atoms with Crippen molar-refractivity contribution in [1.29, 1.82) is 0 Å². The van der Waals surface area contributed by atoms with Gasteiger partial charge in [-0.25, -0.2) is 17.7 Å². The van der Waals surface area contributed by atoms with Crippen LogP contribution in [0.1, 0.15) is 6.92 Å². The normalized spacial score (nSPS) is 11.5. The molecule has 0 radical (unpaired) electrons. The van der Waals surface area contributed by atoms with Crippen molar-refractivity contribution in [3.05, 3.63) is 42.6 Å². The lowest BCUT2D eigenvalue weighted by Crippen LogP contribution is -2.22. The summed E-state index contributed by atoms with van der Waals surface area (Å²) in [6, 6.07) is 10.8. The summed E-state index contributed by atoms with van der Waals surface area (Å²) in [4.78, 5) is 4.38. The van der Waals surface area contributed by atoms with Crippen molar-refractivity contribution < 1.29 is 17.9 Å². The molecular formula is C17H22N2O4S2. The second-order valence-electron chi connectivity index (χ2n) is 5.22. The van der Waals surface area contributed by atoms with Gasteiger partial charge in [0.15, 0.2) is 0 Å². The Labute approximate surface area is 153 Å². The van der Waals surface area contributed by atoms with Crippen LogP contribution in [0.15, 0.2) is 52.5 Å². The maximum atomic E-state index is 12.0. The number of rotatable bonds is 9. The Balaban J connectivity index is 1.80. The van der Waals surface area contributed by atoms with Gasteiger partial charge in [0, 0.05) is 26.0 Å². The Morgan fingerprint density at radius 2 is 1.68 bits per heavy atom. The first-order valence-electron chi connectivity index (χ1n) is 7.80. The van der Waals surface area contributed by atoms with E-state index in [0.29, 0.717) is 19.0 Å². The summed E-state index contributed by atoms with van der Waals surface area (Å²) in [5.41, 5.74) is 0. The van der Waals surface area contributed by atoms with Gasteiger partial charge in [0.25, 0.3) is 0 Å². The van der Waals surface area contributed by atoms with Crippen molar-refractivity contribution in [3.63, 3.8) is 0 Å². The number of hydrogen-bond donors (Lipinski definition) is 0. The molecule has 25 heavy (non-hydrogen) atoms. The minimum absolute atomic E-state index is 0.187. The number of thioether (sulfide) groups is 1. The van der Waals surface area contributed by atoms with Crippen LogP contribution < -0.4 is 9.47 Å². The Hall–Kier alpha value is -1.77. The van der Waals surface area contributed by atoms with Crippen molar-refractivity contribution >= 4 is 21.8 Å². The van der Waals surface area contributed by atoms with Gasteiger partial charge in [-0.3, -0.25) is 0 Å². The molecule has 136 valence electrons. The third-order valence-electron chi connectivity index (χ3n) is 3.22. The van der Waals surface area contributed by atoms with E-state index in [9.17, 15) is 8.42 Å². The van der Waals surface area contributed by atoms with Crippen molar-refractivity contribution in [2.24, 2.45) is 0 Å². The molecule has 0 saturated heterocycles. The summed E-state index contributed by atoms with van der Waals surface area (Å²) in [5, 5.41) is 0.757. The highest BCUT2D eigenvalue weighted by Crippen LogP contribution is 2.20. The quantitative estimate of drug-likeness (QED) is 0.491. The molecule has 1 aromatic carbocycles. The predicted molar refractivity (Wildman–Crippen MR) is 98.9 cm³/mol.